The van der Waals surface area contributed by atoms with E-state index in [1.54, 1.807) is 0 Å². The summed E-state index contributed by atoms with van der Waals surface area (Å²) in [6.07, 6.45) is 7.62. The van der Waals surface area contributed by atoms with Crippen LogP contribution in [0.3, 0.4) is 0 Å². The molecule has 2 unspecified atom stereocenters. The third kappa shape index (κ3) is 9.76. The van der Waals surface area contributed by atoms with Crippen molar-refractivity contribution in [2.75, 3.05) is 19.7 Å². The molecule has 0 aromatic heterocycles. The molecule has 2 atom stereocenters. The van der Waals surface area contributed by atoms with Gasteiger partial charge in [0, 0.05) is 13.1 Å². The van der Waals surface area contributed by atoms with Crippen LogP contribution in [-0.2, 0) is 22.4 Å². The predicted octanol–water partition coefficient (Wildman–Crippen LogP) is 6.73. The number of unbranched alkanes of at least 4 members (excludes halogenated alkanes) is 1. The Morgan fingerprint density at radius 3 is 2.38 bits per heavy atom. The van der Waals surface area contributed by atoms with E-state index in [0.29, 0.717) is 19.6 Å². The highest BCUT2D eigenvalue weighted by Crippen LogP contribution is 2.39. The summed E-state index contributed by atoms with van der Waals surface area (Å²) < 4.78 is 11.4. The predicted molar refractivity (Wildman–Crippen MR) is 157 cm³/mol. The van der Waals surface area contributed by atoms with Gasteiger partial charge in [0.05, 0.1) is 11.5 Å². The third-order valence-corrected chi connectivity index (χ3v) is 7.13. The number of nitrogens with zero attached hydrogens (tertiary/aromatic N) is 1. The Morgan fingerprint density at radius 1 is 1.05 bits per heavy atom. The Labute approximate surface area is 234 Å². The first-order chi connectivity index (χ1) is 18.6. The number of nitrogens with one attached hydrogen (secondary N) is 1. The van der Waals surface area contributed by atoms with Crippen LogP contribution in [-0.4, -0.2) is 48.2 Å². The van der Waals surface area contributed by atoms with Gasteiger partial charge in [-0.15, -0.1) is 6.58 Å². The van der Waals surface area contributed by atoms with Gasteiger partial charge in [0.15, 0.2) is 0 Å². The van der Waals surface area contributed by atoms with Gasteiger partial charge in [-0.25, -0.2) is 4.79 Å². The standard InChI is InChI=1S/C33H46N2O4/c1-6-21-33(5)24-28(35(30(33)36)23-12-16-26-13-8-7-9-14-26)25-38-29-19-17-27(18-20-29)15-10-11-22-34-31(37)39-32(2,3)4/h6-9,13-14,17-20,28H,1,10-12,15-16,21-25H2,2-5H3,(H,34,37). The maximum Gasteiger partial charge on any atom is 0.407 e. The van der Waals surface area contributed by atoms with Crippen LogP contribution in [0.2, 0.25) is 0 Å². The van der Waals surface area contributed by atoms with Crippen LogP contribution in [0.25, 0.3) is 0 Å². The van der Waals surface area contributed by atoms with Gasteiger partial charge in [-0.1, -0.05) is 55.5 Å². The van der Waals surface area contributed by atoms with E-state index in [4.69, 9.17) is 9.47 Å². The van der Waals surface area contributed by atoms with Crippen molar-refractivity contribution in [1.82, 2.24) is 10.2 Å². The van der Waals surface area contributed by atoms with Crippen LogP contribution in [0.5, 0.6) is 5.75 Å². The zero-order chi connectivity index (χ0) is 28.3. The molecule has 3 rings (SSSR count). The topological polar surface area (TPSA) is 67.9 Å². The molecule has 212 valence electrons. The van der Waals surface area contributed by atoms with Crippen molar-refractivity contribution in [1.29, 1.82) is 0 Å². The monoisotopic (exact) mass is 534 g/mol. The van der Waals surface area contributed by atoms with Crippen molar-refractivity contribution in [2.24, 2.45) is 5.41 Å². The molecule has 6 nitrogen and oxygen atoms in total. The van der Waals surface area contributed by atoms with E-state index in [2.05, 4.69) is 55.2 Å². The van der Waals surface area contributed by atoms with Crippen molar-refractivity contribution in [3.8, 4) is 5.75 Å². The Kier molecular flexibility index (Phi) is 11.0. The van der Waals surface area contributed by atoms with Crippen molar-refractivity contribution in [2.45, 2.75) is 84.3 Å². The average molecular weight is 535 g/mol. The summed E-state index contributed by atoms with van der Waals surface area (Å²) in [5, 5.41) is 2.80. The summed E-state index contributed by atoms with van der Waals surface area (Å²) in [6, 6.07) is 18.7. The number of aryl methyl sites for hydroxylation is 2. The molecule has 1 aliphatic rings. The first-order valence-electron chi connectivity index (χ1n) is 14.2. The summed E-state index contributed by atoms with van der Waals surface area (Å²) in [5.41, 5.74) is 1.64. The Balaban J connectivity index is 1.45. The number of hydrogen-bond acceptors (Lipinski definition) is 4. The number of carbonyl (C=O) groups is 2. The number of rotatable bonds is 14. The highest BCUT2D eigenvalue weighted by Gasteiger charge is 2.47. The molecule has 0 saturated carbocycles. The number of likely N-dealkylation sites (tertiary alicyclic amines) is 1. The number of amides is 2. The second-order valence-electron chi connectivity index (χ2n) is 11.8. The lowest BCUT2D eigenvalue weighted by Gasteiger charge is -2.25. The fourth-order valence-corrected chi connectivity index (χ4v) is 5.15. The van der Waals surface area contributed by atoms with E-state index in [9.17, 15) is 9.59 Å². The Bertz CT molecular complexity index is 1060. The molecule has 0 radical (unpaired) electrons. The zero-order valence-electron chi connectivity index (χ0n) is 24.2. The first kappa shape index (κ1) is 30.3. The highest BCUT2D eigenvalue weighted by atomic mass is 16.6. The Morgan fingerprint density at radius 2 is 1.72 bits per heavy atom. The molecule has 1 heterocycles. The van der Waals surface area contributed by atoms with Gasteiger partial charge >= 0.3 is 6.09 Å². The molecule has 1 aliphatic heterocycles. The number of ether oxygens (including phenoxy) is 2. The van der Waals surface area contributed by atoms with Gasteiger partial charge in [0.25, 0.3) is 0 Å². The van der Waals surface area contributed by atoms with Crippen LogP contribution < -0.4 is 10.1 Å². The third-order valence-electron chi connectivity index (χ3n) is 7.13. The van der Waals surface area contributed by atoms with Crippen molar-refractivity contribution in [3.05, 3.63) is 78.4 Å². The van der Waals surface area contributed by atoms with Crippen molar-refractivity contribution in [3.63, 3.8) is 0 Å². The highest BCUT2D eigenvalue weighted by molar-refractivity contribution is 5.85. The minimum atomic E-state index is -0.479. The van der Waals surface area contributed by atoms with Crippen LogP contribution in [0.1, 0.15) is 70.9 Å². The zero-order valence-corrected chi connectivity index (χ0v) is 24.2. The van der Waals surface area contributed by atoms with E-state index >= 15 is 0 Å². The number of allylic oxidation sites excluding steroid dienone is 1. The van der Waals surface area contributed by atoms with Gasteiger partial charge in [-0.05, 0) is 89.0 Å². The van der Waals surface area contributed by atoms with Crippen LogP contribution in [0.4, 0.5) is 4.79 Å². The van der Waals surface area contributed by atoms with E-state index in [1.807, 2.05) is 49.9 Å². The van der Waals surface area contributed by atoms with Gasteiger partial charge < -0.3 is 19.7 Å². The van der Waals surface area contributed by atoms with Crippen molar-refractivity contribution < 1.29 is 19.1 Å². The maximum absolute atomic E-state index is 13.4. The second kappa shape index (κ2) is 14.2. The minimum Gasteiger partial charge on any atom is -0.491 e. The molecule has 1 N–H and O–H groups in total. The molecular weight excluding hydrogens is 488 g/mol. The van der Waals surface area contributed by atoms with Crippen LogP contribution >= 0.6 is 0 Å². The molecule has 0 aliphatic carbocycles. The lowest BCUT2D eigenvalue weighted by Crippen LogP contribution is -2.39. The summed E-state index contributed by atoms with van der Waals surface area (Å²) in [4.78, 5) is 27.1. The summed E-state index contributed by atoms with van der Waals surface area (Å²) in [7, 11) is 0. The first-order valence-corrected chi connectivity index (χ1v) is 14.2. The summed E-state index contributed by atoms with van der Waals surface area (Å²) >= 11 is 0. The van der Waals surface area contributed by atoms with Crippen LogP contribution in [0, 0.1) is 5.41 Å². The van der Waals surface area contributed by atoms with Gasteiger partial charge in [0.1, 0.15) is 18.0 Å². The lowest BCUT2D eigenvalue weighted by molar-refractivity contribution is -0.136. The largest absolute Gasteiger partial charge is 0.491 e. The van der Waals surface area contributed by atoms with Crippen LogP contribution in [0.15, 0.2) is 67.3 Å². The number of carbonyl (C=O) groups excluding carboxylic acids is 2. The van der Waals surface area contributed by atoms with Crippen molar-refractivity contribution >= 4 is 12.0 Å². The van der Waals surface area contributed by atoms with E-state index in [0.717, 1.165) is 50.8 Å². The molecule has 39 heavy (non-hydrogen) atoms. The van der Waals surface area contributed by atoms with E-state index < -0.39 is 11.0 Å². The van der Waals surface area contributed by atoms with E-state index in [-0.39, 0.29) is 18.0 Å². The fraction of sp³-hybridized carbons (Fsp3) is 0.515. The SMILES string of the molecule is C=CCC1(C)CC(COc2ccc(CCCCNC(=O)OC(C)(C)C)cc2)N(CCCc2ccccc2)C1=O. The smallest absolute Gasteiger partial charge is 0.407 e. The molecule has 0 spiro atoms. The average Bonchev–Trinajstić information content (AvgIpc) is 3.12. The summed E-state index contributed by atoms with van der Waals surface area (Å²) in [5.74, 6) is 1.03. The molecule has 1 saturated heterocycles. The van der Waals surface area contributed by atoms with Gasteiger partial charge in [-0.3, -0.25) is 4.79 Å². The number of alkyl carbamates (subject to hydrolysis) is 1. The normalized spacial score (nSPS) is 19.1. The van der Waals surface area contributed by atoms with Gasteiger partial charge in [0.2, 0.25) is 5.91 Å². The van der Waals surface area contributed by atoms with E-state index in [1.165, 1.54) is 11.1 Å². The second-order valence-corrected chi connectivity index (χ2v) is 11.8. The quantitative estimate of drug-likeness (QED) is 0.216. The molecule has 0 bridgehead atoms. The molecule has 2 amide bonds. The molecule has 1 fully saturated rings. The van der Waals surface area contributed by atoms with Gasteiger partial charge in [-0.2, -0.15) is 0 Å². The minimum absolute atomic E-state index is 0.0513. The molecular formula is C33H46N2O4. The summed E-state index contributed by atoms with van der Waals surface area (Å²) in [6.45, 7) is 13.3. The Hall–Kier alpha value is -3.28. The molecule has 6 heteroatoms. The molecule has 2 aromatic rings. The lowest BCUT2D eigenvalue weighted by atomic mass is 9.84. The fourth-order valence-electron chi connectivity index (χ4n) is 5.15. The number of benzene rings is 2. The molecule has 2 aromatic carbocycles. The number of hydrogen-bond donors (Lipinski definition) is 1. The maximum atomic E-state index is 13.4.